The quantitative estimate of drug-likeness (QED) is 0.628. The third kappa shape index (κ3) is 5.12. The maximum atomic E-state index is 5.41. The minimum Gasteiger partial charge on any atom is -0.452 e. The van der Waals surface area contributed by atoms with Crippen molar-refractivity contribution in [2.75, 3.05) is 18.1 Å². The zero-order chi connectivity index (χ0) is 11.1. The Morgan fingerprint density at radius 1 is 1.53 bits per heavy atom. The number of thioether (sulfide) groups is 1. The summed E-state index contributed by atoms with van der Waals surface area (Å²) in [4.78, 5) is 0. The van der Waals surface area contributed by atoms with E-state index in [-0.39, 0.29) is 0 Å². The van der Waals surface area contributed by atoms with Crippen molar-refractivity contribution in [1.82, 2.24) is 5.32 Å². The van der Waals surface area contributed by atoms with E-state index in [2.05, 4.69) is 43.1 Å². The number of hydrogen-bond acceptors (Lipinski definition) is 3. The Kier molecular flexibility index (Phi) is 6.50. The van der Waals surface area contributed by atoms with Crippen molar-refractivity contribution in [2.24, 2.45) is 0 Å². The lowest BCUT2D eigenvalue weighted by Gasteiger charge is -2.00. The van der Waals surface area contributed by atoms with E-state index in [0.29, 0.717) is 0 Å². The Morgan fingerprint density at radius 3 is 2.93 bits per heavy atom. The van der Waals surface area contributed by atoms with Gasteiger partial charge in [0.25, 0.3) is 0 Å². The average Bonchev–Trinajstić information content (AvgIpc) is 2.52. The fraction of sp³-hybridized carbons (Fsp3) is 0.400. The molecule has 2 nitrogen and oxygen atoms in total. The van der Waals surface area contributed by atoms with Crippen LogP contribution in [0.15, 0.2) is 19.6 Å². The van der Waals surface area contributed by atoms with Crippen LogP contribution >= 0.6 is 43.6 Å². The van der Waals surface area contributed by atoms with Gasteiger partial charge in [-0.05, 0) is 37.9 Å². The first-order chi connectivity index (χ1) is 7.24. The van der Waals surface area contributed by atoms with E-state index in [4.69, 9.17) is 10.8 Å². The van der Waals surface area contributed by atoms with E-state index >= 15 is 0 Å². The number of nitrogens with one attached hydrogen (secondary N) is 1. The molecule has 0 aliphatic carbocycles. The molecule has 15 heavy (non-hydrogen) atoms. The first-order valence-electron chi connectivity index (χ1n) is 4.39. The summed E-state index contributed by atoms with van der Waals surface area (Å²) < 4.78 is 7.09. The molecule has 5 heteroatoms. The molecule has 0 fully saturated rings. The van der Waals surface area contributed by atoms with Crippen LogP contribution in [0.1, 0.15) is 5.76 Å². The lowest BCUT2D eigenvalue weighted by atomic mass is 10.4. The molecule has 0 amide bonds. The highest BCUT2D eigenvalue weighted by molar-refractivity contribution is 9.13. The van der Waals surface area contributed by atoms with Gasteiger partial charge in [-0.1, -0.05) is 5.92 Å². The molecule has 82 valence electrons. The van der Waals surface area contributed by atoms with Gasteiger partial charge in [0.05, 0.1) is 16.8 Å². The normalized spacial score (nSPS) is 10.2. The largest absolute Gasteiger partial charge is 0.452 e. The molecule has 1 aromatic heterocycles. The average molecular weight is 353 g/mol. The minimum atomic E-state index is 0.737. The van der Waals surface area contributed by atoms with Gasteiger partial charge in [-0.2, -0.15) is 0 Å². The molecule has 0 spiro atoms. The first kappa shape index (κ1) is 13.2. The monoisotopic (exact) mass is 351 g/mol. The molecule has 0 aromatic carbocycles. The third-order valence-electron chi connectivity index (χ3n) is 1.60. The van der Waals surface area contributed by atoms with Crippen LogP contribution in [0, 0.1) is 12.3 Å². The van der Waals surface area contributed by atoms with Gasteiger partial charge in [-0.15, -0.1) is 18.2 Å². The van der Waals surface area contributed by atoms with Crippen LogP contribution in [0.2, 0.25) is 0 Å². The molecule has 0 aliphatic rings. The van der Waals surface area contributed by atoms with Crippen LogP contribution < -0.4 is 5.32 Å². The van der Waals surface area contributed by atoms with Crippen molar-refractivity contribution in [3.8, 4) is 12.3 Å². The highest BCUT2D eigenvalue weighted by atomic mass is 79.9. The second-order valence-corrected chi connectivity index (χ2v) is 5.45. The summed E-state index contributed by atoms with van der Waals surface area (Å²) in [6.07, 6.45) is 5.14. The Hall–Kier alpha value is 0.110. The molecule has 0 radical (unpaired) electrons. The first-order valence-corrected chi connectivity index (χ1v) is 7.13. The third-order valence-corrected chi connectivity index (χ3v) is 4.18. The van der Waals surface area contributed by atoms with Gasteiger partial charge in [0.1, 0.15) is 5.76 Å². The molecular weight excluding hydrogens is 342 g/mol. The van der Waals surface area contributed by atoms with E-state index in [1.54, 1.807) is 11.8 Å². The fourth-order valence-electron chi connectivity index (χ4n) is 0.966. The minimum absolute atomic E-state index is 0.737. The standard InChI is InChI=1S/C10H11Br2NOS/c1-2-4-15-5-3-13-7-8-6-9(11)10(12)14-8/h1,6,13H,3-5,7H2. The number of rotatable bonds is 6. The van der Waals surface area contributed by atoms with Gasteiger partial charge in [-0.25, -0.2) is 0 Å². The highest BCUT2D eigenvalue weighted by Crippen LogP contribution is 2.26. The molecule has 0 aliphatic heterocycles. The maximum absolute atomic E-state index is 5.41. The summed E-state index contributed by atoms with van der Waals surface area (Å²) in [5.41, 5.74) is 0. The Morgan fingerprint density at radius 2 is 2.33 bits per heavy atom. The molecule has 0 saturated carbocycles. The van der Waals surface area contributed by atoms with Crippen LogP contribution in [-0.4, -0.2) is 18.1 Å². The lowest BCUT2D eigenvalue weighted by Crippen LogP contribution is -2.16. The molecule has 1 N–H and O–H groups in total. The van der Waals surface area contributed by atoms with E-state index < -0.39 is 0 Å². The number of furan rings is 1. The van der Waals surface area contributed by atoms with Crippen LogP contribution in [-0.2, 0) is 6.54 Å². The lowest BCUT2D eigenvalue weighted by molar-refractivity contribution is 0.468. The smallest absolute Gasteiger partial charge is 0.183 e. The molecule has 0 bridgehead atoms. The molecule has 0 saturated heterocycles. The van der Waals surface area contributed by atoms with Crippen LogP contribution in [0.3, 0.4) is 0 Å². The van der Waals surface area contributed by atoms with Crippen LogP contribution in [0.4, 0.5) is 0 Å². The van der Waals surface area contributed by atoms with Crippen LogP contribution in [0.25, 0.3) is 0 Å². The molecule has 1 aromatic rings. The van der Waals surface area contributed by atoms with Crippen molar-refractivity contribution in [3.05, 3.63) is 21.0 Å². The number of terminal acetylenes is 1. The maximum Gasteiger partial charge on any atom is 0.183 e. The van der Waals surface area contributed by atoms with Gasteiger partial charge in [0.2, 0.25) is 0 Å². The van der Waals surface area contributed by atoms with E-state index in [1.807, 2.05) is 6.07 Å². The topological polar surface area (TPSA) is 25.2 Å². The Bertz CT molecular complexity index is 326. The molecule has 1 rings (SSSR count). The summed E-state index contributed by atoms with van der Waals surface area (Å²) in [6, 6.07) is 1.95. The van der Waals surface area contributed by atoms with Crippen molar-refractivity contribution < 1.29 is 4.42 Å². The summed E-state index contributed by atoms with van der Waals surface area (Å²) in [5, 5.41) is 3.28. The summed E-state index contributed by atoms with van der Waals surface area (Å²) >= 11 is 8.41. The highest BCUT2D eigenvalue weighted by Gasteiger charge is 2.04. The van der Waals surface area contributed by atoms with Gasteiger partial charge in [0.15, 0.2) is 4.67 Å². The Balaban J connectivity index is 2.13. The van der Waals surface area contributed by atoms with Crippen molar-refractivity contribution in [1.29, 1.82) is 0 Å². The van der Waals surface area contributed by atoms with Crippen molar-refractivity contribution >= 4 is 43.6 Å². The predicted molar refractivity (Wildman–Crippen MR) is 72.0 cm³/mol. The van der Waals surface area contributed by atoms with Crippen molar-refractivity contribution in [2.45, 2.75) is 6.54 Å². The zero-order valence-electron chi connectivity index (χ0n) is 8.06. The molecule has 0 atom stereocenters. The van der Waals surface area contributed by atoms with Gasteiger partial charge in [-0.3, -0.25) is 0 Å². The van der Waals surface area contributed by atoms with Crippen LogP contribution in [0.5, 0.6) is 0 Å². The second kappa shape index (κ2) is 7.39. The SMILES string of the molecule is C#CCSCCNCc1cc(Br)c(Br)o1. The Labute approximate surface area is 111 Å². The van der Waals surface area contributed by atoms with Crippen molar-refractivity contribution in [3.63, 3.8) is 0 Å². The molecule has 0 unspecified atom stereocenters. The van der Waals surface area contributed by atoms with E-state index in [1.165, 1.54) is 0 Å². The van der Waals surface area contributed by atoms with Gasteiger partial charge >= 0.3 is 0 Å². The molecule has 1 heterocycles. The number of hydrogen-bond donors (Lipinski definition) is 1. The zero-order valence-corrected chi connectivity index (χ0v) is 12.0. The van der Waals surface area contributed by atoms with Gasteiger partial charge in [0, 0.05) is 12.3 Å². The second-order valence-electron chi connectivity index (χ2n) is 2.77. The van der Waals surface area contributed by atoms with E-state index in [9.17, 15) is 0 Å². The predicted octanol–water partition coefficient (Wildman–Crippen LogP) is 3.26. The summed E-state index contributed by atoms with van der Waals surface area (Å²) in [7, 11) is 0. The molecular formula is C10H11Br2NOS. The fourth-order valence-corrected chi connectivity index (χ4v) is 2.18. The van der Waals surface area contributed by atoms with E-state index in [0.717, 1.165) is 39.5 Å². The summed E-state index contributed by atoms with van der Waals surface area (Å²) in [5.74, 6) is 5.30. The number of halogens is 2. The van der Waals surface area contributed by atoms with Gasteiger partial charge < -0.3 is 9.73 Å². The summed E-state index contributed by atoms with van der Waals surface area (Å²) in [6.45, 7) is 1.67.